The highest BCUT2D eigenvalue weighted by Gasteiger charge is 2.35. The van der Waals surface area contributed by atoms with E-state index in [0.29, 0.717) is 33.0 Å². The highest BCUT2D eigenvalue weighted by Crippen LogP contribution is 2.17. The molecule has 3 atom stereocenters. The lowest BCUT2D eigenvalue weighted by Crippen LogP contribution is -2.63. The van der Waals surface area contributed by atoms with Crippen LogP contribution in [0.25, 0.3) is 0 Å². The Morgan fingerprint density at radius 3 is 1.74 bits per heavy atom. The van der Waals surface area contributed by atoms with Crippen LogP contribution < -0.4 is 10.9 Å². The van der Waals surface area contributed by atoms with Gasteiger partial charge in [0.1, 0.15) is 6.10 Å². The first-order chi connectivity index (χ1) is 15.4. The first-order valence-corrected chi connectivity index (χ1v) is 10.8. The van der Waals surface area contributed by atoms with E-state index in [0.717, 1.165) is 16.7 Å². The molecule has 0 unspecified atom stereocenters. The van der Waals surface area contributed by atoms with Crippen molar-refractivity contribution in [2.24, 2.45) is 0 Å². The minimum atomic E-state index is -0.138. The molecule has 0 radical (unpaired) electrons. The van der Waals surface area contributed by atoms with E-state index < -0.39 is 0 Å². The molecule has 5 nitrogen and oxygen atoms in total. The lowest BCUT2D eigenvalue weighted by Gasteiger charge is -2.38. The first-order valence-electron chi connectivity index (χ1n) is 10.8. The molecule has 0 saturated carbocycles. The second kappa shape index (κ2) is 11.7. The number of hydrogen-bond donors (Lipinski definition) is 2. The largest absolute Gasteiger partial charge is 0.375 e. The zero-order valence-corrected chi connectivity index (χ0v) is 17.7. The zero-order chi connectivity index (χ0) is 21.1. The number of benzene rings is 3. The van der Waals surface area contributed by atoms with E-state index in [1.54, 1.807) is 0 Å². The Morgan fingerprint density at radius 2 is 1.16 bits per heavy atom. The van der Waals surface area contributed by atoms with E-state index in [1.807, 2.05) is 54.6 Å². The summed E-state index contributed by atoms with van der Waals surface area (Å²) < 4.78 is 18.7. The van der Waals surface area contributed by atoms with Crippen molar-refractivity contribution in [2.75, 3.05) is 13.2 Å². The van der Waals surface area contributed by atoms with Gasteiger partial charge in [0.25, 0.3) is 0 Å². The average molecular weight is 419 g/mol. The summed E-state index contributed by atoms with van der Waals surface area (Å²) in [5.74, 6) is 0. The predicted molar refractivity (Wildman–Crippen MR) is 121 cm³/mol. The fourth-order valence-corrected chi connectivity index (χ4v) is 3.68. The van der Waals surface area contributed by atoms with Crippen molar-refractivity contribution < 1.29 is 14.2 Å². The molecule has 0 aliphatic carbocycles. The summed E-state index contributed by atoms with van der Waals surface area (Å²) in [6, 6.07) is 30.6. The third-order valence-corrected chi connectivity index (χ3v) is 5.35. The van der Waals surface area contributed by atoms with Crippen molar-refractivity contribution in [1.82, 2.24) is 10.9 Å². The molecule has 1 aliphatic heterocycles. The molecule has 0 amide bonds. The van der Waals surface area contributed by atoms with Crippen LogP contribution in [0.15, 0.2) is 91.0 Å². The molecule has 162 valence electrons. The molecule has 2 N–H and O–H groups in total. The van der Waals surface area contributed by atoms with Crippen LogP contribution in [0, 0.1) is 0 Å². The van der Waals surface area contributed by atoms with Gasteiger partial charge in [0.15, 0.2) is 0 Å². The van der Waals surface area contributed by atoms with Gasteiger partial charge in [0, 0.05) is 6.54 Å². The van der Waals surface area contributed by atoms with Crippen LogP contribution in [-0.2, 0) is 34.0 Å². The Balaban J connectivity index is 1.38. The van der Waals surface area contributed by atoms with Crippen molar-refractivity contribution in [3.8, 4) is 0 Å². The summed E-state index contributed by atoms with van der Waals surface area (Å²) >= 11 is 0. The van der Waals surface area contributed by atoms with E-state index in [4.69, 9.17) is 14.2 Å². The normalized spacial score (nSPS) is 21.1. The molecule has 4 rings (SSSR count). The first kappa shape index (κ1) is 21.7. The van der Waals surface area contributed by atoms with Gasteiger partial charge < -0.3 is 14.2 Å². The van der Waals surface area contributed by atoms with Gasteiger partial charge in [0.2, 0.25) is 0 Å². The Kier molecular flexibility index (Phi) is 8.21. The maximum absolute atomic E-state index is 6.38. The third-order valence-electron chi connectivity index (χ3n) is 5.35. The van der Waals surface area contributed by atoms with Crippen molar-refractivity contribution in [2.45, 2.75) is 38.1 Å². The zero-order valence-electron chi connectivity index (χ0n) is 17.7. The summed E-state index contributed by atoms with van der Waals surface area (Å²) in [7, 11) is 0. The van der Waals surface area contributed by atoms with Gasteiger partial charge in [-0.05, 0) is 16.7 Å². The Labute approximate surface area is 184 Å². The molecule has 31 heavy (non-hydrogen) atoms. The molecule has 1 saturated heterocycles. The van der Waals surface area contributed by atoms with Crippen molar-refractivity contribution in [3.05, 3.63) is 108 Å². The van der Waals surface area contributed by atoms with Crippen LogP contribution in [0.1, 0.15) is 16.7 Å². The van der Waals surface area contributed by atoms with Gasteiger partial charge in [-0.25, -0.2) is 5.43 Å². The van der Waals surface area contributed by atoms with Gasteiger partial charge in [-0.1, -0.05) is 91.0 Å². The smallest absolute Gasteiger partial charge is 0.104 e. The molecule has 1 fully saturated rings. The molecule has 3 aromatic rings. The summed E-state index contributed by atoms with van der Waals surface area (Å²) in [4.78, 5) is 0. The molecule has 1 heterocycles. The Bertz CT molecular complexity index is 877. The maximum Gasteiger partial charge on any atom is 0.104 e. The molecule has 0 spiro atoms. The minimum Gasteiger partial charge on any atom is -0.375 e. The van der Waals surface area contributed by atoms with Crippen molar-refractivity contribution in [3.63, 3.8) is 0 Å². The monoisotopic (exact) mass is 418 g/mol. The van der Waals surface area contributed by atoms with E-state index in [2.05, 4.69) is 47.2 Å². The SMILES string of the molecule is c1ccc(COC[C@H]2NNC[C@@H](OCc3ccccc3)[C@@H]2OCc2ccccc2)cc1. The summed E-state index contributed by atoms with van der Waals surface area (Å²) in [6.45, 7) is 2.84. The number of hydrogen-bond acceptors (Lipinski definition) is 5. The molecule has 0 aromatic heterocycles. The molecular weight excluding hydrogens is 388 g/mol. The molecular formula is C26H30N2O3. The predicted octanol–water partition coefficient (Wildman–Crippen LogP) is 3.85. The molecule has 1 aliphatic rings. The van der Waals surface area contributed by atoms with Gasteiger partial charge in [-0.2, -0.15) is 0 Å². The van der Waals surface area contributed by atoms with Gasteiger partial charge in [-0.3, -0.25) is 5.43 Å². The Morgan fingerprint density at radius 1 is 0.645 bits per heavy atom. The topological polar surface area (TPSA) is 51.8 Å². The van der Waals surface area contributed by atoms with Crippen LogP contribution >= 0.6 is 0 Å². The van der Waals surface area contributed by atoms with Gasteiger partial charge in [0.05, 0.1) is 38.6 Å². The van der Waals surface area contributed by atoms with E-state index >= 15 is 0 Å². The van der Waals surface area contributed by atoms with Crippen LogP contribution in [-0.4, -0.2) is 31.4 Å². The highest BCUT2D eigenvalue weighted by atomic mass is 16.5. The van der Waals surface area contributed by atoms with Crippen molar-refractivity contribution in [1.29, 1.82) is 0 Å². The van der Waals surface area contributed by atoms with Gasteiger partial charge >= 0.3 is 0 Å². The number of hydrazine groups is 1. The average Bonchev–Trinajstić information content (AvgIpc) is 2.84. The van der Waals surface area contributed by atoms with Crippen molar-refractivity contribution >= 4 is 0 Å². The quantitative estimate of drug-likeness (QED) is 0.524. The fourth-order valence-electron chi connectivity index (χ4n) is 3.68. The van der Waals surface area contributed by atoms with E-state index in [-0.39, 0.29) is 18.2 Å². The molecule has 5 heteroatoms. The van der Waals surface area contributed by atoms with Gasteiger partial charge in [-0.15, -0.1) is 0 Å². The van der Waals surface area contributed by atoms with Crippen LogP contribution in [0.5, 0.6) is 0 Å². The lowest BCUT2D eigenvalue weighted by atomic mass is 10.0. The number of nitrogens with one attached hydrogen (secondary N) is 2. The van der Waals surface area contributed by atoms with Crippen LogP contribution in [0.2, 0.25) is 0 Å². The standard InChI is InChI=1S/C26H30N2O3/c1-4-10-21(11-5-1)17-29-20-24-26(31-19-23-14-8-3-9-15-23)25(16-27-28-24)30-18-22-12-6-2-7-13-22/h1-15,24-28H,16-20H2/t24-,25-,26-/m1/s1. The second-order valence-electron chi connectivity index (χ2n) is 7.73. The number of ether oxygens (including phenoxy) is 3. The Hall–Kier alpha value is -2.54. The second-order valence-corrected chi connectivity index (χ2v) is 7.73. The summed E-state index contributed by atoms with van der Waals surface area (Å²) in [5, 5.41) is 0. The third kappa shape index (κ3) is 6.72. The van der Waals surface area contributed by atoms with E-state index in [9.17, 15) is 0 Å². The fraction of sp³-hybridized carbons (Fsp3) is 0.308. The number of rotatable bonds is 10. The maximum atomic E-state index is 6.38. The summed E-state index contributed by atoms with van der Waals surface area (Å²) in [6.07, 6.45) is -0.226. The van der Waals surface area contributed by atoms with Crippen LogP contribution in [0.3, 0.4) is 0 Å². The highest BCUT2D eigenvalue weighted by molar-refractivity contribution is 5.15. The van der Waals surface area contributed by atoms with Crippen LogP contribution in [0.4, 0.5) is 0 Å². The summed E-state index contributed by atoms with van der Waals surface area (Å²) in [5.41, 5.74) is 10.1. The van der Waals surface area contributed by atoms with E-state index in [1.165, 1.54) is 0 Å². The molecule has 3 aromatic carbocycles. The molecule has 0 bridgehead atoms. The minimum absolute atomic E-state index is 0.0260. The lowest BCUT2D eigenvalue weighted by molar-refractivity contribution is -0.127.